The van der Waals surface area contributed by atoms with Crippen LogP contribution in [0.4, 0.5) is 0 Å². The Labute approximate surface area is 126 Å². The Balaban J connectivity index is 1.58. The van der Waals surface area contributed by atoms with Crippen molar-refractivity contribution >= 4 is 0 Å². The first kappa shape index (κ1) is 13.7. The highest BCUT2D eigenvalue weighted by molar-refractivity contribution is 5.43. The predicted molar refractivity (Wildman–Crippen MR) is 85.0 cm³/mol. The zero-order valence-electron chi connectivity index (χ0n) is 12.1. The van der Waals surface area contributed by atoms with Gasteiger partial charge >= 0.3 is 0 Å². The summed E-state index contributed by atoms with van der Waals surface area (Å²) in [4.78, 5) is 0. The third kappa shape index (κ3) is 3.46. The van der Waals surface area contributed by atoms with E-state index in [-0.39, 0.29) is 6.10 Å². The van der Waals surface area contributed by atoms with E-state index in [1.807, 2.05) is 12.1 Å². The highest BCUT2D eigenvalue weighted by atomic mass is 16.5. The predicted octanol–water partition coefficient (Wildman–Crippen LogP) is 4.19. The van der Waals surface area contributed by atoms with Crippen LogP contribution < -0.4 is 9.47 Å². The van der Waals surface area contributed by atoms with Gasteiger partial charge in [-0.2, -0.15) is 0 Å². The standard InChI is InChI=1S/C19H20O2/c1-2-12-20-17-10-11-19-16(13-17)14-18(21-19)9-8-15-6-4-3-5-7-15/h2-7,10-11,13,18H,1,8-9,12,14H2. The average Bonchev–Trinajstić information content (AvgIpc) is 2.94. The summed E-state index contributed by atoms with van der Waals surface area (Å²) >= 11 is 0. The fourth-order valence-electron chi connectivity index (χ4n) is 2.68. The summed E-state index contributed by atoms with van der Waals surface area (Å²) in [6.07, 6.45) is 5.09. The minimum Gasteiger partial charge on any atom is -0.490 e. The van der Waals surface area contributed by atoms with Crippen LogP contribution in [0.15, 0.2) is 61.2 Å². The molecule has 2 heteroatoms. The maximum atomic E-state index is 6.01. The number of rotatable bonds is 6. The largest absolute Gasteiger partial charge is 0.490 e. The molecule has 2 aromatic carbocycles. The van der Waals surface area contributed by atoms with Crippen molar-refractivity contribution < 1.29 is 9.47 Å². The molecule has 2 nitrogen and oxygen atoms in total. The van der Waals surface area contributed by atoms with Crippen LogP contribution in [0.25, 0.3) is 0 Å². The molecule has 108 valence electrons. The summed E-state index contributed by atoms with van der Waals surface area (Å²) in [6, 6.07) is 16.6. The Morgan fingerprint density at radius 3 is 2.86 bits per heavy atom. The molecule has 0 bridgehead atoms. The lowest BCUT2D eigenvalue weighted by atomic mass is 10.0. The molecule has 0 saturated carbocycles. The van der Waals surface area contributed by atoms with Crippen LogP contribution in [0.3, 0.4) is 0 Å². The van der Waals surface area contributed by atoms with Crippen LogP contribution in [0.1, 0.15) is 17.5 Å². The Morgan fingerprint density at radius 2 is 2.05 bits per heavy atom. The molecular weight excluding hydrogens is 260 g/mol. The van der Waals surface area contributed by atoms with Gasteiger partial charge in [-0.3, -0.25) is 0 Å². The quantitative estimate of drug-likeness (QED) is 0.739. The summed E-state index contributed by atoms with van der Waals surface area (Å²) in [5.74, 6) is 1.89. The molecule has 1 aliphatic heterocycles. The fourth-order valence-corrected chi connectivity index (χ4v) is 2.68. The third-order valence-corrected chi connectivity index (χ3v) is 3.74. The second-order valence-electron chi connectivity index (χ2n) is 5.34. The number of hydrogen-bond donors (Lipinski definition) is 0. The van der Waals surface area contributed by atoms with Crippen molar-refractivity contribution in [3.05, 3.63) is 72.3 Å². The highest BCUT2D eigenvalue weighted by Crippen LogP contribution is 2.33. The van der Waals surface area contributed by atoms with Crippen molar-refractivity contribution in [2.75, 3.05) is 6.61 Å². The van der Waals surface area contributed by atoms with Crippen molar-refractivity contribution in [2.24, 2.45) is 0 Å². The van der Waals surface area contributed by atoms with Gasteiger partial charge in [-0.05, 0) is 36.6 Å². The molecular formula is C19H20O2. The van der Waals surface area contributed by atoms with Crippen LogP contribution in [-0.2, 0) is 12.8 Å². The van der Waals surface area contributed by atoms with Gasteiger partial charge in [0.1, 0.15) is 24.2 Å². The van der Waals surface area contributed by atoms with Gasteiger partial charge in [0.05, 0.1) is 0 Å². The van der Waals surface area contributed by atoms with E-state index in [4.69, 9.17) is 9.47 Å². The van der Waals surface area contributed by atoms with Crippen molar-refractivity contribution in [3.63, 3.8) is 0 Å². The van der Waals surface area contributed by atoms with E-state index < -0.39 is 0 Å². The van der Waals surface area contributed by atoms with Gasteiger partial charge in [-0.1, -0.05) is 43.0 Å². The Bertz CT molecular complexity index is 604. The maximum Gasteiger partial charge on any atom is 0.123 e. The Hall–Kier alpha value is -2.22. The van der Waals surface area contributed by atoms with E-state index >= 15 is 0 Å². The van der Waals surface area contributed by atoms with Gasteiger partial charge < -0.3 is 9.47 Å². The van der Waals surface area contributed by atoms with Gasteiger partial charge in [-0.15, -0.1) is 0 Å². The van der Waals surface area contributed by atoms with Gasteiger partial charge in [-0.25, -0.2) is 0 Å². The van der Waals surface area contributed by atoms with E-state index in [2.05, 4.69) is 43.0 Å². The smallest absolute Gasteiger partial charge is 0.123 e. The number of ether oxygens (including phenoxy) is 2. The van der Waals surface area contributed by atoms with Crippen LogP contribution in [0.5, 0.6) is 11.5 Å². The van der Waals surface area contributed by atoms with E-state index in [0.29, 0.717) is 6.61 Å². The molecule has 1 heterocycles. The summed E-state index contributed by atoms with van der Waals surface area (Å²) in [5, 5.41) is 0. The monoisotopic (exact) mass is 280 g/mol. The van der Waals surface area contributed by atoms with Crippen molar-refractivity contribution in [1.82, 2.24) is 0 Å². The van der Waals surface area contributed by atoms with E-state index in [1.165, 1.54) is 11.1 Å². The molecule has 0 aromatic heterocycles. The average molecular weight is 280 g/mol. The van der Waals surface area contributed by atoms with E-state index in [1.54, 1.807) is 6.08 Å². The summed E-state index contributed by atoms with van der Waals surface area (Å²) in [5.41, 5.74) is 2.61. The fraction of sp³-hybridized carbons (Fsp3) is 0.263. The molecule has 0 saturated heterocycles. The molecule has 3 rings (SSSR count). The number of aryl methyl sites for hydroxylation is 1. The zero-order chi connectivity index (χ0) is 14.5. The molecule has 0 N–H and O–H groups in total. The van der Waals surface area contributed by atoms with Crippen LogP contribution in [0.2, 0.25) is 0 Å². The lowest BCUT2D eigenvalue weighted by molar-refractivity contribution is 0.222. The Kier molecular flexibility index (Phi) is 4.25. The lowest BCUT2D eigenvalue weighted by Gasteiger charge is -2.10. The molecule has 2 aromatic rings. The molecule has 0 spiro atoms. The molecule has 1 aliphatic rings. The third-order valence-electron chi connectivity index (χ3n) is 3.74. The van der Waals surface area contributed by atoms with Crippen molar-refractivity contribution in [1.29, 1.82) is 0 Å². The Morgan fingerprint density at radius 1 is 1.19 bits per heavy atom. The number of fused-ring (bicyclic) bond motifs is 1. The van der Waals surface area contributed by atoms with Crippen molar-refractivity contribution in [3.8, 4) is 11.5 Å². The van der Waals surface area contributed by atoms with Crippen LogP contribution in [0, 0.1) is 0 Å². The molecule has 21 heavy (non-hydrogen) atoms. The topological polar surface area (TPSA) is 18.5 Å². The molecule has 0 radical (unpaired) electrons. The lowest BCUT2D eigenvalue weighted by Crippen LogP contribution is -2.13. The first-order valence-electron chi connectivity index (χ1n) is 7.42. The van der Waals surface area contributed by atoms with Gasteiger partial charge in [0.25, 0.3) is 0 Å². The second kappa shape index (κ2) is 6.49. The summed E-state index contributed by atoms with van der Waals surface area (Å²) < 4.78 is 11.6. The normalized spacial score (nSPS) is 16.1. The molecule has 1 atom stereocenters. The van der Waals surface area contributed by atoms with Crippen LogP contribution >= 0.6 is 0 Å². The minimum absolute atomic E-state index is 0.273. The first-order valence-corrected chi connectivity index (χ1v) is 7.42. The van der Waals surface area contributed by atoms with Crippen LogP contribution in [-0.4, -0.2) is 12.7 Å². The van der Waals surface area contributed by atoms with E-state index in [9.17, 15) is 0 Å². The summed E-state index contributed by atoms with van der Waals surface area (Å²) in [6.45, 7) is 4.20. The minimum atomic E-state index is 0.273. The molecule has 0 aliphatic carbocycles. The molecule has 1 unspecified atom stereocenters. The molecule has 0 amide bonds. The number of benzene rings is 2. The van der Waals surface area contributed by atoms with Gasteiger partial charge in [0.15, 0.2) is 0 Å². The van der Waals surface area contributed by atoms with Crippen molar-refractivity contribution in [2.45, 2.75) is 25.4 Å². The number of hydrogen-bond acceptors (Lipinski definition) is 2. The molecule has 0 fully saturated rings. The summed E-state index contributed by atoms with van der Waals surface area (Å²) in [7, 11) is 0. The maximum absolute atomic E-state index is 6.01. The van der Waals surface area contributed by atoms with Gasteiger partial charge in [0.2, 0.25) is 0 Å². The second-order valence-corrected chi connectivity index (χ2v) is 5.34. The highest BCUT2D eigenvalue weighted by Gasteiger charge is 2.23. The zero-order valence-corrected chi connectivity index (χ0v) is 12.1. The SMILES string of the molecule is C=CCOc1ccc2c(c1)CC(CCc1ccccc1)O2. The first-order chi connectivity index (χ1) is 10.3. The van der Waals surface area contributed by atoms with E-state index in [0.717, 1.165) is 30.8 Å². The van der Waals surface area contributed by atoms with Gasteiger partial charge in [0, 0.05) is 12.0 Å².